The number of hydrogen-bond acceptors (Lipinski definition) is 3. The van der Waals surface area contributed by atoms with Gasteiger partial charge >= 0.3 is 0 Å². The van der Waals surface area contributed by atoms with Crippen LogP contribution in [0.2, 0.25) is 0 Å². The van der Waals surface area contributed by atoms with Gasteiger partial charge in [0.1, 0.15) is 5.75 Å². The summed E-state index contributed by atoms with van der Waals surface area (Å²) in [6, 6.07) is 8.26. The number of fused-ring (bicyclic) bond motifs is 4. The van der Waals surface area contributed by atoms with Crippen molar-refractivity contribution in [2.45, 2.75) is 50.7 Å². The summed E-state index contributed by atoms with van der Waals surface area (Å²) < 4.78 is 9.04. The molecule has 2 aliphatic heterocycles. The van der Waals surface area contributed by atoms with Crippen molar-refractivity contribution in [3.8, 4) is 17.0 Å². The fourth-order valence-corrected chi connectivity index (χ4v) is 4.80. The van der Waals surface area contributed by atoms with E-state index in [4.69, 9.17) is 9.72 Å². The number of nitrogens with zero attached hydrogens (tertiary/aromatic N) is 3. The van der Waals surface area contributed by atoms with Crippen LogP contribution in [0.5, 0.6) is 5.75 Å². The second-order valence-electron chi connectivity index (χ2n) is 8.73. The second-order valence-corrected chi connectivity index (χ2v) is 8.73. The zero-order valence-electron chi connectivity index (χ0n) is 15.6. The lowest BCUT2D eigenvalue weighted by Crippen LogP contribution is -2.50. The number of rotatable bonds is 3. The van der Waals surface area contributed by atoms with Crippen LogP contribution in [0, 0.1) is 11.8 Å². The largest absolute Gasteiger partial charge is 0.480 e. The fourth-order valence-electron chi connectivity index (χ4n) is 4.80. The molecular formula is C22H25N3O2. The van der Waals surface area contributed by atoms with Crippen molar-refractivity contribution in [1.29, 1.82) is 0 Å². The Balaban J connectivity index is 1.38. The quantitative estimate of drug-likeness (QED) is 0.837. The minimum Gasteiger partial charge on any atom is -0.480 e. The van der Waals surface area contributed by atoms with Gasteiger partial charge in [0.05, 0.1) is 17.7 Å². The van der Waals surface area contributed by atoms with Gasteiger partial charge in [-0.15, -0.1) is 0 Å². The van der Waals surface area contributed by atoms with Crippen LogP contribution in [0.1, 0.15) is 44.2 Å². The van der Waals surface area contributed by atoms with Gasteiger partial charge in [0, 0.05) is 44.0 Å². The molecule has 1 spiro atoms. The molecule has 2 aliphatic carbocycles. The Morgan fingerprint density at radius 3 is 2.67 bits per heavy atom. The summed E-state index contributed by atoms with van der Waals surface area (Å²) in [4.78, 5) is 19.4. The van der Waals surface area contributed by atoms with E-state index in [1.807, 2.05) is 12.4 Å². The van der Waals surface area contributed by atoms with E-state index in [0.29, 0.717) is 11.8 Å². The maximum Gasteiger partial charge on any atom is 0.225 e. The standard InChI is InChI=1S/C22H25N3O2/c26-21(16-7-8-16)24-11-9-22(10-12-24)20-19(17-3-1-2-4-18(17)27-22)23-14-25(20)13-15-5-6-15/h1-4,14-16H,5-13H2. The third-order valence-electron chi connectivity index (χ3n) is 6.68. The Morgan fingerprint density at radius 2 is 1.93 bits per heavy atom. The average Bonchev–Trinajstić information content (AvgIpc) is 3.61. The number of benzene rings is 1. The Kier molecular flexibility index (Phi) is 3.26. The number of para-hydroxylation sites is 1. The van der Waals surface area contributed by atoms with Crippen LogP contribution in [-0.2, 0) is 16.9 Å². The van der Waals surface area contributed by atoms with E-state index in [1.54, 1.807) is 0 Å². The summed E-state index contributed by atoms with van der Waals surface area (Å²) in [6.45, 7) is 2.61. The molecule has 140 valence electrons. The molecule has 3 fully saturated rings. The molecule has 0 radical (unpaired) electrons. The first kappa shape index (κ1) is 15.7. The monoisotopic (exact) mass is 363 g/mol. The van der Waals surface area contributed by atoms with Crippen molar-refractivity contribution in [3.05, 3.63) is 36.3 Å². The number of amides is 1. The molecule has 27 heavy (non-hydrogen) atoms. The molecule has 4 aliphatic rings. The average molecular weight is 363 g/mol. The smallest absolute Gasteiger partial charge is 0.225 e. The molecule has 0 N–H and O–H groups in total. The third kappa shape index (κ3) is 2.51. The number of imidazole rings is 1. The van der Waals surface area contributed by atoms with Gasteiger partial charge in [0.25, 0.3) is 0 Å². The predicted octanol–water partition coefficient (Wildman–Crippen LogP) is 3.58. The molecule has 5 heteroatoms. The van der Waals surface area contributed by atoms with Gasteiger partial charge in [-0.05, 0) is 43.7 Å². The summed E-state index contributed by atoms with van der Waals surface area (Å²) >= 11 is 0. The molecule has 2 aromatic rings. The molecular weight excluding hydrogens is 338 g/mol. The summed E-state index contributed by atoms with van der Waals surface area (Å²) in [7, 11) is 0. The van der Waals surface area contributed by atoms with Crippen molar-refractivity contribution in [2.24, 2.45) is 11.8 Å². The molecule has 0 unspecified atom stereocenters. The SMILES string of the molecule is O=C(C1CC1)N1CCC2(CC1)Oc1ccccc1-c1ncn(CC3CC3)c12. The molecule has 1 saturated heterocycles. The Hall–Kier alpha value is -2.30. The number of aromatic nitrogens is 2. The number of carbonyl (C=O) groups excluding carboxylic acids is 1. The Bertz CT molecular complexity index is 902. The lowest BCUT2D eigenvalue weighted by molar-refractivity contribution is -0.136. The first-order valence-electron chi connectivity index (χ1n) is 10.4. The number of carbonyl (C=O) groups is 1. The van der Waals surface area contributed by atoms with Gasteiger partial charge in [0.2, 0.25) is 5.91 Å². The highest BCUT2D eigenvalue weighted by Gasteiger charge is 2.48. The van der Waals surface area contributed by atoms with Crippen LogP contribution in [0.15, 0.2) is 30.6 Å². The van der Waals surface area contributed by atoms with E-state index in [0.717, 1.165) is 68.2 Å². The first-order valence-corrected chi connectivity index (χ1v) is 10.4. The van der Waals surface area contributed by atoms with Gasteiger partial charge in [-0.2, -0.15) is 0 Å². The molecule has 5 nitrogen and oxygen atoms in total. The summed E-state index contributed by atoms with van der Waals surface area (Å²) in [5, 5.41) is 0. The molecule has 6 rings (SSSR count). The zero-order chi connectivity index (χ0) is 18.0. The predicted molar refractivity (Wildman–Crippen MR) is 101 cm³/mol. The lowest BCUT2D eigenvalue weighted by atomic mass is 9.83. The van der Waals surface area contributed by atoms with Gasteiger partial charge < -0.3 is 14.2 Å². The lowest BCUT2D eigenvalue weighted by Gasteiger charge is -2.44. The van der Waals surface area contributed by atoms with Crippen molar-refractivity contribution in [3.63, 3.8) is 0 Å². The van der Waals surface area contributed by atoms with Crippen LogP contribution < -0.4 is 4.74 Å². The van der Waals surface area contributed by atoms with Crippen LogP contribution in [0.25, 0.3) is 11.3 Å². The first-order chi connectivity index (χ1) is 13.2. The third-order valence-corrected chi connectivity index (χ3v) is 6.68. The van der Waals surface area contributed by atoms with Gasteiger partial charge in [0.15, 0.2) is 5.60 Å². The minimum atomic E-state index is -0.352. The highest BCUT2D eigenvalue weighted by atomic mass is 16.5. The molecule has 1 aromatic carbocycles. The van der Waals surface area contributed by atoms with Gasteiger partial charge in [-0.1, -0.05) is 12.1 Å². The van der Waals surface area contributed by atoms with E-state index >= 15 is 0 Å². The van der Waals surface area contributed by atoms with E-state index in [-0.39, 0.29) is 5.60 Å². The van der Waals surface area contributed by atoms with Crippen molar-refractivity contribution in [1.82, 2.24) is 14.5 Å². The molecule has 3 heterocycles. The summed E-state index contributed by atoms with van der Waals surface area (Å²) in [5.74, 6) is 2.37. The zero-order valence-corrected chi connectivity index (χ0v) is 15.6. The highest BCUT2D eigenvalue weighted by Crippen LogP contribution is 2.50. The van der Waals surface area contributed by atoms with Crippen LogP contribution in [0.4, 0.5) is 0 Å². The number of piperidine rings is 1. The van der Waals surface area contributed by atoms with Crippen LogP contribution in [-0.4, -0.2) is 33.4 Å². The Morgan fingerprint density at radius 1 is 1.15 bits per heavy atom. The maximum atomic E-state index is 12.5. The van der Waals surface area contributed by atoms with Gasteiger partial charge in [-0.3, -0.25) is 4.79 Å². The summed E-state index contributed by atoms with van der Waals surface area (Å²) in [6.07, 6.45) is 8.50. The van der Waals surface area contributed by atoms with E-state index in [2.05, 4.69) is 27.7 Å². The second kappa shape index (κ2) is 5.60. The van der Waals surface area contributed by atoms with Crippen LogP contribution in [0.3, 0.4) is 0 Å². The van der Waals surface area contributed by atoms with Crippen molar-refractivity contribution >= 4 is 5.91 Å². The summed E-state index contributed by atoms with van der Waals surface area (Å²) in [5.41, 5.74) is 3.07. The van der Waals surface area contributed by atoms with E-state index in [9.17, 15) is 4.79 Å². The normalized spacial score (nSPS) is 22.9. The molecule has 2 saturated carbocycles. The van der Waals surface area contributed by atoms with Gasteiger partial charge in [-0.25, -0.2) is 4.98 Å². The number of ether oxygens (including phenoxy) is 1. The minimum absolute atomic E-state index is 0.294. The number of likely N-dealkylation sites (tertiary alicyclic amines) is 1. The Labute approximate surface area is 159 Å². The van der Waals surface area contributed by atoms with E-state index < -0.39 is 0 Å². The molecule has 0 atom stereocenters. The molecule has 0 bridgehead atoms. The van der Waals surface area contributed by atoms with E-state index in [1.165, 1.54) is 18.5 Å². The number of hydrogen-bond donors (Lipinski definition) is 0. The molecule has 1 aromatic heterocycles. The highest BCUT2D eigenvalue weighted by molar-refractivity contribution is 5.81. The van der Waals surface area contributed by atoms with Crippen LogP contribution >= 0.6 is 0 Å². The van der Waals surface area contributed by atoms with Crippen molar-refractivity contribution < 1.29 is 9.53 Å². The molecule has 1 amide bonds. The maximum absolute atomic E-state index is 12.5. The fraction of sp³-hybridized carbons (Fsp3) is 0.545. The van der Waals surface area contributed by atoms with Crippen molar-refractivity contribution in [2.75, 3.05) is 13.1 Å². The topological polar surface area (TPSA) is 47.4 Å².